The first-order valence-electron chi connectivity index (χ1n) is 8.37. The number of ether oxygens (including phenoxy) is 1. The van der Waals surface area contributed by atoms with Crippen molar-refractivity contribution in [1.82, 2.24) is 9.78 Å². The van der Waals surface area contributed by atoms with Gasteiger partial charge in [-0.2, -0.15) is 5.10 Å². The van der Waals surface area contributed by atoms with Crippen molar-refractivity contribution in [2.45, 2.75) is 11.8 Å². The molecule has 0 fully saturated rings. The predicted octanol–water partition coefficient (Wildman–Crippen LogP) is 2.79. The van der Waals surface area contributed by atoms with Gasteiger partial charge >= 0.3 is 0 Å². The number of hydrogen-bond donors (Lipinski definition) is 2. The fourth-order valence-electron chi connectivity index (χ4n) is 2.57. The number of methoxy groups -OCH3 is 1. The van der Waals surface area contributed by atoms with Crippen LogP contribution in [0.2, 0.25) is 0 Å². The maximum Gasteiger partial charge on any atom is 0.261 e. The largest absolute Gasteiger partial charge is 0.497 e. The molecule has 0 saturated heterocycles. The van der Waals surface area contributed by atoms with E-state index in [4.69, 9.17) is 4.74 Å². The highest BCUT2D eigenvalue weighted by molar-refractivity contribution is 7.92. The van der Waals surface area contributed by atoms with Crippen molar-refractivity contribution < 1.29 is 17.9 Å². The smallest absolute Gasteiger partial charge is 0.261 e. The van der Waals surface area contributed by atoms with E-state index in [1.54, 1.807) is 42.1 Å². The van der Waals surface area contributed by atoms with Gasteiger partial charge in [-0.05, 0) is 55.5 Å². The average Bonchev–Trinajstić information content (AvgIpc) is 2.99. The van der Waals surface area contributed by atoms with Gasteiger partial charge in [-0.25, -0.2) is 8.42 Å². The van der Waals surface area contributed by atoms with E-state index in [9.17, 15) is 13.2 Å². The molecule has 0 saturated carbocycles. The Morgan fingerprint density at radius 2 is 1.71 bits per heavy atom. The van der Waals surface area contributed by atoms with E-state index in [0.29, 0.717) is 22.8 Å². The molecule has 1 aromatic heterocycles. The first kappa shape index (κ1) is 19.4. The number of nitrogens with one attached hydrogen (secondary N) is 2. The molecular formula is C19H20N4O4S. The summed E-state index contributed by atoms with van der Waals surface area (Å²) in [6, 6.07) is 14.0. The van der Waals surface area contributed by atoms with E-state index in [-0.39, 0.29) is 10.8 Å². The van der Waals surface area contributed by atoms with Crippen molar-refractivity contribution in [3.63, 3.8) is 0 Å². The van der Waals surface area contributed by atoms with Gasteiger partial charge in [0.15, 0.2) is 0 Å². The summed E-state index contributed by atoms with van der Waals surface area (Å²) >= 11 is 0. The van der Waals surface area contributed by atoms with Crippen LogP contribution in [0.5, 0.6) is 5.75 Å². The summed E-state index contributed by atoms with van der Waals surface area (Å²) < 4.78 is 34.1. The summed E-state index contributed by atoms with van der Waals surface area (Å²) in [7, 11) is -0.515. The second kappa shape index (κ2) is 7.73. The molecule has 0 aliphatic carbocycles. The van der Waals surface area contributed by atoms with Crippen LogP contribution in [0.4, 0.5) is 11.5 Å². The van der Waals surface area contributed by atoms with Crippen LogP contribution in [0.15, 0.2) is 59.5 Å². The van der Waals surface area contributed by atoms with Crippen LogP contribution in [0, 0.1) is 6.92 Å². The Bertz CT molecular complexity index is 1090. The minimum absolute atomic E-state index is 0.0521. The molecule has 2 aromatic carbocycles. The van der Waals surface area contributed by atoms with Crippen molar-refractivity contribution in [3.8, 4) is 5.75 Å². The molecule has 9 heteroatoms. The summed E-state index contributed by atoms with van der Waals surface area (Å²) in [4.78, 5) is 12.4. The van der Waals surface area contributed by atoms with Crippen molar-refractivity contribution >= 4 is 27.4 Å². The van der Waals surface area contributed by atoms with Crippen LogP contribution in [-0.4, -0.2) is 31.2 Å². The topological polar surface area (TPSA) is 102 Å². The Balaban J connectivity index is 1.73. The van der Waals surface area contributed by atoms with Crippen LogP contribution >= 0.6 is 0 Å². The number of anilines is 2. The molecular weight excluding hydrogens is 380 g/mol. The van der Waals surface area contributed by atoms with Crippen LogP contribution in [0.25, 0.3) is 0 Å². The summed E-state index contributed by atoms with van der Waals surface area (Å²) in [5.74, 6) is 0.831. The molecule has 0 atom stereocenters. The standard InChI is InChI=1S/C19H20N4O4S/c1-13-12-18(23(2)21-13)20-19(24)14-4-10-17(11-5-14)28(25,26)22-15-6-8-16(27-3)9-7-15/h4-12,22H,1-3H3,(H,20,24). The molecule has 1 amide bonds. The van der Waals surface area contributed by atoms with Crippen molar-refractivity contribution in [2.75, 3.05) is 17.1 Å². The zero-order valence-corrected chi connectivity index (χ0v) is 16.4. The van der Waals surface area contributed by atoms with Gasteiger partial charge in [-0.15, -0.1) is 0 Å². The predicted molar refractivity (Wildman–Crippen MR) is 106 cm³/mol. The molecule has 0 aliphatic rings. The molecule has 8 nitrogen and oxygen atoms in total. The molecule has 0 unspecified atom stereocenters. The summed E-state index contributed by atoms with van der Waals surface area (Å²) in [6.07, 6.45) is 0. The Kier molecular flexibility index (Phi) is 5.36. The zero-order chi connectivity index (χ0) is 20.3. The van der Waals surface area contributed by atoms with Crippen LogP contribution in [-0.2, 0) is 17.1 Å². The summed E-state index contributed by atoms with van der Waals surface area (Å²) in [5.41, 5.74) is 1.53. The third kappa shape index (κ3) is 4.32. The van der Waals surface area contributed by atoms with Crippen LogP contribution in [0.1, 0.15) is 16.1 Å². The van der Waals surface area contributed by atoms with E-state index >= 15 is 0 Å². The van der Waals surface area contributed by atoms with E-state index < -0.39 is 10.0 Å². The fraction of sp³-hybridized carbons (Fsp3) is 0.158. The van der Waals surface area contributed by atoms with Gasteiger partial charge in [0.2, 0.25) is 0 Å². The molecule has 146 valence electrons. The van der Waals surface area contributed by atoms with Gasteiger partial charge in [-0.3, -0.25) is 14.2 Å². The zero-order valence-electron chi connectivity index (χ0n) is 15.6. The van der Waals surface area contributed by atoms with Crippen LogP contribution < -0.4 is 14.8 Å². The summed E-state index contributed by atoms with van der Waals surface area (Å²) in [5, 5.41) is 6.90. The number of aromatic nitrogens is 2. The van der Waals surface area contributed by atoms with E-state index in [1.165, 1.54) is 31.4 Å². The number of benzene rings is 2. The maximum atomic E-state index is 12.5. The van der Waals surface area contributed by atoms with Crippen molar-refractivity contribution in [3.05, 3.63) is 65.9 Å². The second-order valence-electron chi connectivity index (χ2n) is 6.11. The van der Waals surface area contributed by atoms with Crippen molar-refractivity contribution in [2.24, 2.45) is 7.05 Å². The SMILES string of the molecule is COc1ccc(NS(=O)(=O)c2ccc(C(=O)Nc3cc(C)nn3C)cc2)cc1. The first-order chi connectivity index (χ1) is 13.3. The lowest BCUT2D eigenvalue weighted by Crippen LogP contribution is -2.16. The molecule has 0 spiro atoms. The number of sulfonamides is 1. The Hall–Kier alpha value is -3.33. The van der Waals surface area contributed by atoms with Gasteiger partial charge in [0, 0.05) is 24.4 Å². The molecule has 3 aromatic rings. The van der Waals surface area contributed by atoms with E-state index in [2.05, 4.69) is 15.1 Å². The van der Waals surface area contributed by atoms with Gasteiger partial charge in [0.25, 0.3) is 15.9 Å². The quantitative estimate of drug-likeness (QED) is 0.662. The number of amides is 1. The van der Waals surface area contributed by atoms with Crippen molar-refractivity contribution in [1.29, 1.82) is 0 Å². The number of carbonyl (C=O) groups excluding carboxylic acids is 1. The number of nitrogens with zero attached hydrogens (tertiary/aromatic N) is 2. The Morgan fingerprint density at radius 3 is 2.25 bits per heavy atom. The lowest BCUT2D eigenvalue weighted by Gasteiger charge is -2.10. The number of hydrogen-bond acceptors (Lipinski definition) is 5. The minimum atomic E-state index is -3.77. The van der Waals surface area contributed by atoms with Gasteiger partial charge in [-0.1, -0.05) is 0 Å². The molecule has 2 N–H and O–H groups in total. The highest BCUT2D eigenvalue weighted by Gasteiger charge is 2.16. The highest BCUT2D eigenvalue weighted by Crippen LogP contribution is 2.20. The molecule has 28 heavy (non-hydrogen) atoms. The lowest BCUT2D eigenvalue weighted by molar-refractivity contribution is 0.102. The fourth-order valence-corrected chi connectivity index (χ4v) is 3.63. The molecule has 3 rings (SSSR count). The van der Waals surface area contributed by atoms with Gasteiger partial charge in [0.1, 0.15) is 11.6 Å². The summed E-state index contributed by atoms with van der Waals surface area (Å²) in [6.45, 7) is 1.82. The minimum Gasteiger partial charge on any atom is -0.497 e. The number of rotatable bonds is 6. The molecule has 0 radical (unpaired) electrons. The van der Waals surface area contributed by atoms with Gasteiger partial charge in [0.05, 0.1) is 17.7 Å². The first-order valence-corrected chi connectivity index (χ1v) is 9.86. The van der Waals surface area contributed by atoms with E-state index in [0.717, 1.165) is 5.69 Å². The molecule has 0 aliphatic heterocycles. The third-order valence-electron chi connectivity index (χ3n) is 4.01. The number of carbonyl (C=O) groups is 1. The second-order valence-corrected chi connectivity index (χ2v) is 7.79. The lowest BCUT2D eigenvalue weighted by atomic mass is 10.2. The van der Waals surface area contributed by atoms with E-state index in [1.807, 2.05) is 6.92 Å². The third-order valence-corrected chi connectivity index (χ3v) is 5.41. The Labute approximate surface area is 163 Å². The Morgan fingerprint density at radius 1 is 1.07 bits per heavy atom. The van der Waals surface area contributed by atoms with Crippen LogP contribution in [0.3, 0.4) is 0 Å². The normalized spacial score (nSPS) is 11.1. The highest BCUT2D eigenvalue weighted by atomic mass is 32.2. The molecule has 0 bridgehead atoms. The average molecular weight is 400 g/mol. The monoisotopic (exact) mass is 400 g/mol. The maximum absolute atomic E-state index is 12.5. The number of aryl methyl sites for hydroxylation is 2. The van der Waals surface area contributed by atoms with Gasteiger partial charge < -0.3 is 10.1 Å². The molecule has 1 heterocycles.